The molecule has 0 amide bonds. The summed E-state index contributed by atoms with van der Waals surface area (Å²) < 4.78 is 13.5. The molecule has 5 aromatic rings. The fourth-order valence-electron chi connectivity index (χ4n) is 3.33. The number of imidazole rings is 1. The second-order valence-corrected chi connectivity index (χ2v) is 7.85. The summed E-state index contributed by atoms with van der Waals surface area (Å²) in [6.45, 7) is 0.314. The van der Waals surface area contributed by atoms with Gasteiger partial charge in [-0.05, 0) is 48.5 Å². The maximum Gasteiger partial charge on any atom is 0.168 e. The predicted molar refractivity (Wildman–Crippen MR) is 127 cm³/mol. The van der Waals surface area contributed by atoms with Crippen LogP contribution in [0.4, 0.5) is 5.82 Å². The molecule has 3 aromatic heterocycles. The highest BCUT2D eigenvalue weighted by Gasteiger charge is 2.15. The van der Waals surface area contributed by atoms with E-state index in [2.05, 4.69) is 4.98 Å². The quantitative estimate of drug-likeness (QED) is 0.250. The van der Waals surface area contributed by atoms with Gasteiger partial charge in [-0.25, -0.2) is 9.98 Å². The maximum atomic E-state index is 6.28. The number of furan rings is 1. The maximum absolute atomic E-state index is 6.28. The van der Waals surface area contributed by atoms with Crippen LogP contribution in [0.15, 0.2) is 94.7 Å². The number of benzene rings is 2. The average Bonchev–Trinajstić information content (AvgIpc) is 3.46. The van der Waals surface area contributed by atoms with Crippen LogP contribution in [0, 0.1) is 0 Å². The van der Waals surface area contributed by atoms with Crippen molar-refractivity contribution in [1.29, 1.82) is 0 Å². The van der Waals surface area contributed by atoms with Crippen molar-refractivity contribution < 1.29 is 9.15 Å². The van der Waals surface area contributed by atoms with Crippen LogP contribution in [0.1, 0.15) is 11.1 Å². The zero-order valence-corrected chi connectivity index (χ0v) is 18.3. The Kier molecular flexibility index (Phi) is 5.67. The molecule has 5 rings (SSSR count). The summed E-state index contributed by atoms with van der Waals surface area (Å²) in [6.07, 6.45) is 5.31. The van der Waals surface area contributed by atoms with E-state index in [1.54, 1.807) is 24.6 Å². The van der Waals surface area contributed by atoms with E-state index < -0.39 is 0 Å². The van der Waals surface area contributed by atoms with Crippen molar-refractivity contribution in [1.82, 2.24) is 9.38 Å². The average molecular weight is 462 g/mol. The molecular weight excluding hydrogens is 445 g/mol. The molecule has 0 aliphatic rings. The van der Waals surface area contributed by atoms with Gasteiger partial charge in [-0.2, -0.15) is 0 Å². The molecule has 32 heavy (non-hydrogen) atoms. The first-order valence-electron chi connectivity index (χ1n) is 9.90. The highest BCUT2D eigenvalue weighted by atomic mass is 35.5. The molecule has 0 unspecified atom stereocenters. The van der Waals surface area contributed by atoms with Gasteiger partial charge in [0.05, 0.1) is 6.26 Å². The zero-order valence-electron chi connectivity index (χ0n) is 16.8. The van der Waals surface area contributed by atoms with E-state index in [0.29, 0.717) is 39.7 Å². The van der Waals surface area contributed by atoms with Crippen molar-refractivity contribution in [3.8, 4) is 17.2 Å². The van der Waals surface area contributed by atoms with Crippen molar-refractivity contribution in [3.63, 3.8) is 0 Å². The fraction of sp³-hybridized carbons (Fsp3) is 0.0400. The first kappa shape index (κ1) is 20.4. The summed E-state index contributed by atoms with van der Waals surface area (Å²) in [4.78, 5) is 9.44. The van der Waals surface area contributed by atoms with Gasteiger partial charge < -0.3 is 9.15 Å². The van der Waals surface area contributed by atoms with Gasteiger partial charge in [0, 0.05) is 33.6 Å². The van der Waals surface area contributed by atoms with Crippen LogP contribution >= 0.6 is 23.2 Å². The Morgan fingerprint density at radius 1 is 1.00 bits per heavy atom. The monoisotopic (exact) mass is 461 g/mol. The van der Waals surface area contributed by atoms with Crippen LogP contribution in [0.5, 0.6) is 5.75 Å². The van der Waals surface area contributed by atoms with Gasteiger partial charge in [0.1, 0.15) is 18.0 Å². The third-order valence-corrected chi connectivity index (χ3v) is 5.49. The number of aliphatic imine (C=N–C) groups is 1. The molecule has 0 atom stereocenters. The number of para-hydroxylation sites is 1. The summed E-state index contributed by atoms with van der Waals surface area (Å²) in [5, 5.41) is 1.16. The highest BCUT2D eigenvalue weighted by molar-refractivity contribution is 6.35. The van der Waals surface area contributed by atoms with Crippen molar-refractivity contribution in [2.45, 2.75) is 6.61 Å². The van der Waals surface area contributed by atoms with Crippen LogP contribution < -0.4 is 4.74 Å². The summed E-state index contributed by atoms with van der Waals surface area (Å²) in [5.74, 6) is 2.02. The number of fused-ring (bicyclic) bond motifs is 1. The van der Waals surface area contributed by atoms with E-state index in [4.69, 9.17) is 37.3 Å². The largest absolute Gasteiger partial charge is 0.488 e. The van der Waals surface area contributed by atoms with Gasteiger partial charge in [-0.15, -0.1) is 0 Å². The normalized spacial score (nSPS) is 11.4. The van der Waals surface area contributed by atoms with Crippen molar-refractivity contribution in [2.75, 3.05) is 0 Å². The molecule has 0 N–H and O–H groups in total. The number of ether oxygens (including phenoxy) is 1. The van der Waals surface area contributed by atoms with E-state index in [9.17, 15) is 0 Å². The third kappa shape index (κ3) is 4.13. The van der Waals surface area contributed by atoms with Crippen LogP contribution in [-0.4, -0.2) is 15.6 Å². The summed E-state index contributed by atoms with van der Waals surface area (Å²) in [7, 11) is 0. The number of hydrogen-bond donors (Lipinski definition) is 0. The van der Waals surface area contributed by atoms with Crippen LogP contribution in [-0.2, 0) is 6.61 Å². The highest BCUT2D eigenvalue weighted by Crippen LogP contribution is 2.31. The first-order valence-corrected chi connectivity index (χ1v) is 10.7. The molecule has 0 bridgehead atoms. The predicted octanol–water partition coefficient (Wildman–Crippen LogP) is 7.23. The number of rotatable bonds is 6. The van der Waals surface area contributed by atoms with Gasteiger partial charge in [-0.3, -0.25) is 4.40 Å². The lowest BCUT2D eigenvalue weighted by Gasteiger charge is -2.10. The lowest BCUT2D eigenvalue weighted by atomic mass is 10.2. The minimum absolute atomic E-state index is 0.314. The Hall–Kier alpha value is -3.54. The van der Waals surface area contributed by atoms with Crippen LogP contribution in [0.2, 0.25) is 10.0 Å². The van der Waals surface area contributed by atoms with E-state index >= 15 is 0 Å². The Balaban J connectivity index is 1.47. The van der Waals surface area contributed by atoms with Crippen molar-refractivity contribution in [3.05, 3.63) is 106 Å². The first-order chi connectivity index (χ1) is 15.7. The molecule has 0 aliphatic carbocycles. The van der Waals surface area contributed by atoms with Gasteiger partial charge >= 0.3 is 0 Å². The Labute approximate surface area is 194 Å². The van der Waals surface area contributed by atoms with E-state index in [1.165, 1.54) is 0 Å². The molecule has 0 spiro atoms. The lowest BCUT2D eigenvalue weighted by Crippen LogP contribution is -1.99. The van der Waals surface area contributed by atoms with E-state index in [0.717, 1.165) is 16.8 Å². The topological polar surface area (TPSA) is 52.0 Å². The molecule has 7 heteroatoms. The number of hydrogen-bond acceptors (Lipinski definition) is 4. The van der Waals surface area contributed by atoms with Crippen LogP contribution in [0.3, 0.4) is 0 Å². The third-order valence-electron chi connectivity index (χ3n) is 4.90. The molecule has 2 aromatic carbocycles. The minimum Gasteiger partial charge on any atom is -0.488 e. The molecular formula is C25H17Cl2N3O2. The van der Waals surface area contributed by atoms with Crippen molar-refractivity contribution >= 4 is 40.9 Å². The zero-order chi connectivity index (χ0) is 21.9. The number of nitrogens with zero attached hydrogens (tertiary/aromatic N) is 3. The molecule has 3 heterocycles. The Bertz CT molecular complexity index is 1410. The molecule has 0 saturated carbocycles. The smallest absolute Gasteiger partial charge is 0.168 e. The minimum atomic E-state index is 0.314. The summed E-state index contributed by atoms with van der Waals surface area (Å²) in [5.41, 5.74) is 3.13. The second-order valence-electron chi connectivity index (χ2n) is 7.01. The van der Waals surface area contributed by atoms with Gasteiger partial charge in [-0.1, -0.05) is 47.5 Å². The summed E-state index contributed by atoms with van der Waals surface area (Å²) in [6, 6.07) is 22.5. The molecule has 5 nitrogen and oxygen atoms in total. The van der Waals surface area contributed by atoms with Crippen LogP contribution in [0.25, 0.3) is 17.1 Å². The Morgan fingerprint density at radius 2 is 1.88 bits per heavy atom. The van der Waals surface area contributed by atoms with E-state index in [-0.39, 0.29) is 0 Å². The van der Waals surface area contributed by atoms with Gasteiger partial charge in [0.2, 0.25) is 0 Å². The summed E-state index contributed by atoms with van der Waals surface area (Å²) >= 11 is 12.3. The Morgan fingerprint density at radius 3 is 2.72 bits per heavy atom. The second kappa shape index (κ2) is 8.91. The van der Waals surface area contributed by atoms with Crippen molar-refractivity contribution in [2.24, 2.45) is 4.99 Å². The number of halogens is 2. The number of pyridine rings is 1. The number of aromatic nitrogens is 2. The van der Waals surface area contributed by atoms with Gasteiger partial charge in [0.15, 0.2) is 17.3 Å². The fourth-order valence-corrected chi connectivity index (χ4v) is 3.79. The standard InChI is InChI=1S/C25H17Cl2N3O2/c26-19-11-10-18(20(27)14-19)16-32-21-7-2-1-6-17(21)15-28-25-24(22-8-5-13-31-22)29-23-9-3-4-12-30(23)25/h1-15H,16H2/b28-15-. The van der Waals surface area contributed by atoms with Gasteiger partial charge in [0.25, 0.3) is 0 Å². The lowest BCUT2D eigenvalue weighted by molar-refractivity contribution is 0.306. The molecule has 0 saturated heterocycles. The molecule has 0 radical (unpaired) electrons. The SMILES string of the molecule is Clc1ccc(COc2ccccc2/C=N\c2c(-c3ccco3)nc3ccccn23)c(Cl)c1. The van der Waals surface area contributed by atoms with E-state index in [1.807, 2.05) is 71.3 Å². The molecule has 0 fully saturated rings. The molecule has 0 aliphatic heterocycles. The molecule has 158 valence electrons.